The molecule has 96 valence electrons. The molecular weight excluding hydrogens is 238 g/mol. The van der Waals surface area contributed by atoms with E-state index in [0.717, 1.165) is 28.1 Å². The van der Waals surface area contributed by atoms with Crippen LogP contribution in [-0.4, -0.2) is 17.1 Å². The first-order valence-corrected chi connectivity index (χ1v) is 6.00. The Bertz CT molecular complexity index is 644. The summed E-state index contributed by atoms with van der Waals surface area (Å²) in [6, 6.07) is 7.84. The first kappa shape index (κ1) is 13.0. The van der Waals surface area contributed by atoms with Gasteiger partial charge in [-0.1, -0.05) is 0 Å². The molecule has 0 saturated heterocycles. The normalized spacial score (nSPS) is 10.0. The van der Waals surface area contributed by atoms with Crippen LogP contribution in [0.1, 0.15) is 17.0 Å². The number of hydrogen-bond acceptors (Lipinski definition) is 4. The molecule has 1 heterocycles. The lowest BCUT2D eigenvalue weighted by atomic mass is 10.00. The van der Waals surface area contributed by atoms with E-state index in [0.29, 0.717) is 5.82 Å². The number of hydrogen-bond donors (Lipinski definition) is 0. The number of rotatable bonds is 3. The molecule has 2 aromatic rings. The number of ether oxygens (including phenoxy) is 1. The third-order valence-electron chi connectivity index (χ3n) is 3.18. The van der Waals surface area contributed by atoms with Crippen molar-refractivity contribution in [2.75, 3.05) is 7.11 Å². The molecule has 0 aliphatic carbocycles. The van der Waals surface area contributed by atoms with Crippen molar-refractivity contribution in [2.24, 2.45) is 0 Å². The minimum atomic E-state index is 0.224. The van der Waals surface area contributed by atoms with E-state index in [1.165, 1.54) is 0 Å². The summed E-state index contributed by atoms with van der Waals surface area (Å²) in [7, 11) is 1.66. The van der Waals surface area contributed by atoms with Crippen molar-refractivity contribution in [1.29, 1.82) is 5.26 Å². The van der Waals surface area contributed by atoms with Gasteiger partial charge in [0.25, 0.3) is 0 Å². The molecule has 0 atom stereocenters. The van der Waals surface area contributed by atoms with E-state index < -0.39 is 0 Å². The van der Waals surface area contributed by atoms with Gasteiger partial charge in [0.05, 0.1) is 25.3 Å². The number of methoxy groups -OCH3 is 1. The van der Waals surface area contributed by atoms with E-state index in [-0.39, 0.29) is 6.42 Å². The first-order chi connectivity index (χ1) is 9.17. The minimum absolute atomic E-state index is 0.224. The summed E-state index contributed by atoms with van der Waals surface area (Å²) in [5.74, 6) is 1.42. The van der Waals surface area contributed by atoms with Crippen molar-refractivity contribution < 1.29 is 4.74 Å². The summed E-state index contributed by atoms with van der Waals surface area (Å²) in [6.07, 6.45) is 1.91. The Morgan fingerprint density at radius 3 is 2.68 bits per heavy atom. The summed E-state index contributed by atoms with van der Waals surface area (Å²) in [5, 5.41) is 8.70. The average molecular weight is 253 g/mol. The topological polar surface area (TPSA) is 58.8 Å². The molecule has 0 spiro atoms. The summed E-state index contributed by atoms with van der Waals surface area (Å²) < 4.78 is 5.30. The van der Waals surface area contributed by atoms with Crippen LogP contribution in [0.4, 0.5) is 0 Å². The molecule has 0 fully saturated rings. The van der Waals surface area contributed by atoms with Gasteiger partial charge < -0.3 is 4.74 Å². The lowest BCUT2D eigenvalue weighted by molar-refractivity contribution is 0.411. The molecule has 0 bridgehead atoms. The molecule has 0 radical (unpaired) electrons. The van der Waals surface area contributed by atoms with Crippen LogP contribution in [0.3, 0.4) is 0 Å². The van der Waals surface area contributed by atoms with Crippen LogP contribution in [0.2, 0.25) is 0 Å². The fourth-order valence-electron chi connectivity index (χ4n) is 2.00. The molecule has 1 aromatic heterocycles. The second-order valence-corrected chi connectivity index (χ2v) is 4.26. The van der Waals surface area contributed by atoms with Gasteiger partial charge in [0.15, 0.2) is 0 Å². The van der Waals surface area contributed by atoms with Crippen molar-refractivity contribution in [3.63, 3.8) is 0 Å². The zero-order valence-corrected chi connectivity index (χ0v) is 11.3. The van der Waals surface area contributed by atoms with Crippen LogP contribution in [-0.2, 0) is 6.42 Å². The number of aromatic nitrogens is 2. The summed E-state index contributed by atoms with van der Waals surface area (Å²) in [5.41, 5.74) is 4.10. The van der Waals surface area contributed by atoms with E-state index >= 15 is 0 Å². The van der Waals surface area contributed by atoms with Gasteiger partial charge in [-0.3, -0.25) is 0 Å². The summed E-state index contributed by atoms with van der Waals surface area (Å²) in [4.78, 5) is 8.50. The van der Waals surface area contributed by atoms with Gasteiger partial charge in [-0.05, 0) is 43.2 Å². The SMILES string of the molecule is COc1ccc(-c2ccnc(CC#N)n2)c(C)c1C. The van der Waals surface area contributed by atoms with Crippen LogP contribution in [0.15, 0.2) is 24.4 Å². The fraction of sp³-hybridized carbons (Fsp3) is 0.267. The Kier molecular flexibility index (Phi) is 3.76. The predicted octanol–water partition coefficient (Wildman–Crippen LogP) is 2.84. The van der Waals surface area contributed by atoms with Crippen LogP contribution in [0.5, 0.6) is 5.75 Å². The van der Waals surface area contributed by atoms with Crippen LogP contribution in [0, 0.1) is 25.2 Å². The van der Waals surface area contributed by atoms with Gasteiger partial charge in [0.2, 0.25) is 0 Å². The quantitative estimate of drug-likeness (QED) is 0.844. The molecule has 4 heteroatoms. The molecule has 2 rings (SSSR count). The van der Waals surface area contributed by atoms with E-state index in [4.69, 9.17) is 10.00 Å². The minimum Gasteiger partial charge on any atom is -0.496 e. The van der Waals surface area contributed by atoms with Crippen molar-refractivity contribution >= 4 is 0 Å². The van der Waals surface area contributed by atoms with Gasteiger partial charge in [0, 0.05) is 11.8 Å². The number of nitrogens with zero attached hydrogens (tertiary/aromatic N) is 3. The van der Waals surface area contributed by atoms with Gasteiger partial charge in [-0.25, -0.2) is 9.97 Å². The second kappa shape index (κ2) is 5.49. The molecule has 0 unspecified atom stereocenters. The van der Waals surface area contributed by atoms with Gasteiger partial charge in [-0.2, -0.15) is 5.26 Å². The molecule has 4 nitrogen and oxygen atoms in total. The highest BCUT2D eigenvalue weighted by Crippen LogP contribution is 2.29. The zero-order chi connectivity index (χ0) is 13.8. The Labute approximate surface area is 112 Å². The van der Waals surface area contributed by atoms with Crippen molar-refractivity contribution in [3.8, 4) is 23.1 Å². The summed E-state index contributed by atoms with van der Waals surface area (Å²) >= 11 is 0. The van der Waals surface area contributed by atoms with Crippen LogP contribution in [0.25, 0.3) is 11.3 Å². The lowest BCUT2D eigenvalue weighted by Crippen LogP contribution is -1.98. The molecule has 1 aromatic carbocycles. The number of nitriles is 1. The molecule has 0 aliphatic rings. The molecule has 0 N–H and O–H groups in total. The maximum absolute atomic E-state index is 8.70. The Balaban J connectivity index is 2.51. The first-order valence-electron chi connectivity index (χ1n) is 6.00. The summed E-state index contributed by atoms with van der Waals surface area (Å²) in [6.45, 7) is 4.06. The number of benzene rings is 1. The van der Waals surface area contributed by atoms with E-state index in [9.17, 15) is 0 Å². The average Bonchev–Trinajstić information content (AvgIpc) is 2.42. The Hall–Kier alpha value is -2.41. The Morgan fingerprint density at radius 2 is 2.00 bits per heavy atom. The van der Waals surface area contributed by atoms with Gasteiger partial charge in [0.1, 0.15) is 11.6 Å². The fourth-order valence-corrected chi connectivity index (χ4v) is 2.00. The maximum Gasteiger partial charge on any atom is 0.142 e. The van der Waals surface area contributed by atoms with Crippen LogP contribution >= 0.6 is 0 Å². The monoisotopic (exact) mass is 253 g/mol. The van der Waals surface area contributed by atoms with E-state index in [1.54, 1.807) is 13.3 Å². The maximum atomic E-state index is 8.70. The van der Waals surface area contributed by atoms with E-state index in [1.807, 2.05) is 32.0 Å². The van der Waals surface area contributed by atoms with Crippen molar-refractivity contribution in [1.82, 2.24) is 9.97 Å². The van der Waals surface area contributed by atoms with Crippen molar-refractivity contribution in [3.05, 3.63) is 41.3 Å². The molecule has 0 aliphatic heterocycles. The molecule has 0 amide bonds. The highest BCUT2D eigenvalue weighted by atomic mass is 16.5. The van der Waals surface area contributed by atoms with Gasteiger partial charge >= 0.3 is 0 Å². The van der Waals surface area contributed by atoms with Gasteiger partial charge in [-0.15, -0.1) is 0 Å². The highest BCUT2D eigenvalue weighted by molar-refractivity contribution is 5.66. The molecular formula is C15H15N3O. The van der Waals surface area contributed by atoms with Crippen LogP contribution < -0.4 is 4.74 Å². The largest absolute Gasteiger partial charge is 0.496 e. The third-order valence-corrected chi connectivity index (χ3v) is 3.18. The highest BCUT2D eigenvalue weighted by Gasteiger charge is 2.10. The standard InChI is InChI=1S/C15H15N3O/c1-10-11(2)14(19-3)5-4-12(10)13-7-9-17-15(18-13)6-8-16/h4-5,7,9H,6H2,1-3H3. The van der Waals surface area contributed by atoms with Crippen molar-refractivity contribution in [2.45, 2.75) is 20.3 Å². The predicted molar refractivity (Wildman–Crippen MR) is 72.8 cm³/mol. The molecule has 19 heavy (non-hydrogen) atoms. The second-order valence-electron chi connectivity index (χ2n) is 4.26. The van der Waals surface area contributed by atoms with E-state index in [2.05, 4.69) is 16.0 Å². The third kappa shape index (κ3) is 2.55. The smallest absolute Gasteiger partial charge is 0.142 e. The Morgan fingerprint density at radius 1 is 1.21 bits per heavy atom. The zero-order valence-electron chi connectivity index (χ0n) is 11.3. The lowest BCUT2D eigenvalue weighted by Gasteiger charge is -2.12. The molecule has 0 saturated carbocycles.